The Hall–Kier alpha value is -0.0200. The molecule has 0 saturated heterocycles. The summed E-state index contributed by atoms with van der Waals surface area (Å²) in [6.45, 7) is 1.02. The van der Waals surface area contributed by atoms with Gasteiger partial charge in [0.2, 0.25) is 0 Å². The zero-order valence-electron chi connectivity index (χ0n) is 7.39. The highest BCUT2D eigenvalue weighted by Gasteiger charge is 1.97. The van der Waals surface area contributed by atoms with E-state index in [9.17, 15) is 0 Å². The molecule has 0 saturated carbocycles. The van der Waals surface area contributed by atoms with E-state index in [-0.39, 0.29) is 0 Å². The van der Waals surface area contributed by atoms with Crippen molar-refractivity contribution in [3.05, 3.63) is 29.8 Å². The van der Waals surface area contributed by atoms with Crippen LogP contribution in [-0.2, 0) is 5.33 Å². The van der Waals surface area contributed by atoms with Gasteiger partial charge < -0.3 is 5.32 Å². The van der Waals surface area contributed by atoms with Crippen LogP contribution in [0.25, 0.3) is 0 Å². The van der Waals surface area contributed by atoms with Gasteiger partial charge in [-0.15, -0.1) is 0 Å². The summed E-state index contributed by atoms with van der Waals surface area (Å²) in [4.78, 5) is 0. The number of hydrogen-bond donors (Lipinski definition) is 1. The average Bonchev–Trinajstić information content (AvgIpc) is 2.19. The summed E-state index contributed by atoms with van der Waals surface area (Å²) in [6, 6.07) is 8.37. The van der Waals surface area contributed by atoms with Gasteiger partial charge in [0, 0.05) is 22.9 Å². The molecule has 1 nitrogen and oxygen atoms in total. The van der Waals surface area contributed by atoms with Gasteiger partial charge in [-0.3, -0.25) is 0 Å². The molecule has 1 aromatic rings. The lowest BCUT2D eigenvalue weighted by atomic mass is 10.2. The van der Waals surface area contributed by atoms with E-state index in [1.54, 1.807) is 0 Å². The van der Waals surface area contributed by atoms with Gasteiger partial charge in [-0.25, -0.2) is 0 Å². The molecule has 0 radical (unpaired) electrons. The van der Waals surface area contributed by atoms with Gasteiger partial charge in [0.15, 0.2) is 0 Å². The third-order valence-electron chi connectivity index (χ3n) is 1.79. The van der Waals surface area contributed by atoms with E-state index < -0.39 is 0 Å². The molecule has 0 fully saturated rings. The lowest BCUT2D eigenvalue weighted by molar-refractivity contribution is 0.996. The first-order valence-electron chi connectivity index (χ1n) is 4.32. The minimum atomic E-state index is 0.907. The van der Waals surface area contributed by atoms with Gasteiger partial charge in [-0.2, -0.15) is 0 Å². The Balaban J connectivity index is 2.54. The molecule has 13 heavy (non-hydrogen) atoms. The molecule has 0 bridgehead atoms. The van der Waals surface area contributed by atoms with Crippen molar-refractivity contribution in [1.29, 1.82) is 0 Å². The van der Waals surface area contributed by atoms with Crippen LogP contribution in [0.5, 0.6) is 0 Å². The van der Waals surface area contributed by atoms with Crippen molar-refractivity contribution in [3.63, 3.8) is 0 Å². The average molecular weight is 307 g/mol. The Bertz CT molecular complexity index is 250. The number of para-hydroxylation sites is 1. The van der Waals surface area contributed by atoms with Crippen LogP contribution in [-0.4, -0.2) is 11.9 Å². The summed E-state index contributed by atoms with van der Waals surface area (Å²) in [5.41, 5.74) is 2.55. The van der Waals surface area contributed by atoms with E-state index in [0.29, 0.717) is 0 Å². The monoisotopic (exact) mass is 305 g/mol. The first-order valence-corrected chi connectivity index (χ1v) is 6.56. The van der Waals surface area contributed by atoms with Crippen molar-refractivity contribution in [2.45, 2.75) is 11.8 Å². The highest BCUT2D eigenvalue weighted by atomic mass is 79.9. The van der Waals surface area contributed by atoms with E-state index in [2.05, 4.69) is 61.4 Å². The molecular formula is C10H13Br2N. The van der Waals surface area contributed by atoms with Crippen LogP contribution < -0.4 is 5.32 Å². The largest absolute Gasteiger partial charge is 0.385 e. The second kappa shape index (κ2) is 6.44. The second-order valence-corrected chi connectivity index (χ2v) is 4.11. The summed E-state index contributed by atoms with van der Waals surface area (Å²) in [5, 5.41) is 5.36. The lowest BCUT2D eigenvalue weighted by Gasteiger charge is -2.08. The topological polar surface area (TPSA) is 12.0 Å². The van der Waals surface area contributed by atoms with Gasteiger partial charge in [0.25, 0.3) is 0 Å². The van der Waals surface area contributed by atoms with Crippen molar-refractivity contribution >= 4 is 37.5 Å². The van der Waals surface area contributed by atoms with E-state index in [4.69, 9.17) is 0 Å². The molecule has 0 aliphatic rings. The van der Waals surface area contributed by atoms with Crippen LogP contribution in [0.4, 0.5) is 5.69 Å². The minimum Gasteiger partial charge on any atom is -0.385 e. The fourth-order valence-corrected chi connectivity index (χ4v) is 1.87. The fraction of sp³-hybridized carbons (Fsp3) is 0.400. The smallest absolute Gasteiger partial charge is 0.0381 e. The number of alkyl halides is 2. The quantitative estimate of drug-likeness (QED) is 0.645. The zero-order chi connectivity index (χ0) is 9.52. The minimum absolute atomic E-state index is 0.907. The van der Waals surface area contributed by atoms with Gasteiger partial charge in [-0.1, -0.05) is 50.1 Å². The fourth-order valence-electron chi connectivity index (χ4n) is 1.10. The van der Waals surface area contributed by atoms with E-state index in [1.807, 2.05) is 0 Å². The Morgan fingerprint density at radius 1 is 1.15 bits per heavy atom. The molecular weight excluding hydrogens is 294 g/mol. The molecule has 1 aromatic carbocycles. The highest BCUT2D eigenvalue weighted by molar-refractivity contribution is 9.09. The molecule has 1 N–H and O–H groups in total. The normalized spacial score (nSPS) is 10.0. The maximum Gasteiger partial charge on any atom is 0.0381 e. The molecule has 0 unspecified atom stereocenters. The van der Waals surface area contributed by atoms with E-state index in [1.165, 1.54) is 11.3 Å². The summed E-state index contributed by atoms with van der Waals surface area (Å²) in [5.74, 6) is 0. The van der Waals surface area contributed by atoms with E-state index >= 15 is 0 Å². The van der Waals surface area contributed by atoms with Crippen LogP contribution in [0.2, 0.25) is 0 Å². The molecule has 3 heteroatoms. The number of halogens is 2. The Labute approximate surface area is 96.2 Å². The van der Waals surface area contributed by atoms with Gasteiger partial charge in [0.1, 0.15) is 0 Å². The number of rotatable bonds is 5. The van der Waals surface area contributed by atoms with Crippen molar-refractivity contribution in [3.8, 4) is 0 Å². The zero-order valence-corrected chi connectivity index (χ0v) is 10.6. The van der Waals surface area contributed by atoms with Crippen molar-refractivity contribution < 1.29 is 0 Å². The summed E-state index contributed by atoms with van der Waals surface area (Å²) in [7, 11) is 0. The number of anilines is 1. The maximum absolute atomic E-state index is 3.47. The number of hydrogen-bond acceptors (Lipinski definition) is 1. The van der Waals surface area contributed by atoms with Gasteiger partial charge in [-0.05, 0) is 18.1 Å². The molecule has 0 atom stereocenters. The van der Waals surface area contributed by atoms with Crippen molar-refractivity contribution in [1.82, 2.24) is 0 Å². The van der Waals surface area contributed by atoms with Crippen molar-refractivity contribution in [2.75, 3.05) is 17.2 Å². The van der Waals surface area contributed by atoms with E-state index in [0.717, 1.165) is 23.6 Å². The molecule has 0 aliphatic carbocycles. The van der Waals surface area contributed by atoms with Crippen LogP contribution in [0, 0.1) is 0 Å². The number of benzene rings is 1. The van der Waals surface area contributed by atoms with Gasteiger partial charge in [0.05, 0.1) is 0 Å². The summed E-state index contributed by atoms with van der Waals surface area (Å²) >= 11 is 6.88. The standard InChI is InChI=1S/C10H13Br2N/c11-6-3-7-13-10-5-2-1-4-9(10)8-12/h1-2,4-5,13H,3,6-8H2. The number of nitrogens with one attached hydrogen (secondary N) is 1. The predicted octanol–water partition coefficient (Wildman–Crippen LogP) is 3.78. The molecule has 72 valence electrons. The first-order chi connectivity index (χ1) is 6.38. The van der Waals surface area contributed by atoms with Crippen LogP contribution in [0.15, 0.2) is 24.3 Å². The Morgan fingerprint density at radius 3 is 2.62 bits per heavy atom. The summed E-state index contributed by atoms with van der Waals surface area (Å²) < 4.78 is 0. The predicted molar refractivity (Wildman–Crippen MR) is 66.0 cm³/mol. The van der Waals surface area contributed by atoms with Crippen LogP contribution in [0.1, 0.15) is 12.0 Å². The molecule has 0 aromatic heterocycles. The lowest BCUT2D eigenvalue weighted by Crippen LogP contribution is -2.03. The maximum atomic E-state index is 3.47. The molecule has 1 rings (SSSR count). The third kappa shape index (κ3) is 3.69. The SMILES string of the molecule is BrCCCNc1ccccc1CBr. The Morgan fingerprint density at radius 2 is 1.92 bits per heavy atom. The molecule has 0 heterocycles. The molecule has 0 spiro atoms. The molecule has 0 aliphatic heterocycles. The van der Waals surface area contributed by atoms with Crippen LogP contribution >= 0.6 is 31.9 Å². The van der Waals surface area contributed by atoms with Crippen molar-refractivity contribution in [2.24, 2.45) is 0 Å². The second-order valence-electron chi connectivity index (χ2n) is 2.76. The van der Waals surface area contributed by atoms with Gasteiger partial charge >= 0.3 is 0 Å². The van der Waals surface area contributed by atoms with Crippen LogP contribution in [0.3, 0.4) is 0 Å². The summed E-state index contributed by atoms with van der Waals surface area (Å²) in [6.07, 6.45) is 1.15. The third-order valence-corrected chi connectivity index (χ3v) is 2.95. The molecule has 0 amide bonds. The first kappa shape index (κ1) is 11.1. The Kier molecular flexibility index (Phi) is 5.47. The highest BCUT2D eigenvalue weighted by Crippen LogP contribution is 2.17.